The second-order valence-electron chi connectivity index (χ2n) is 5.53. The lowest BCUT2D eigenvalue weighted by molar-refractivity contribution is 0.595. The van der Waals surface area contributed by atoms with Gasteiger partial charge in [-0.2, -0.15) is 8.42 Å². The van der Waals surface area contributed by atoms with Crippen LogP contribution in [0.1, 0.15) is 12.5 Å². The monoisotopic (exact) mass is 436 g/mol. The average molecular weight is 437 g/mol. The average Bonchev–Trinajstić information content (AvgIpc) is 2.98. The van der Waals surface area contributed by atoms with Gasteiger partial charge in [0, 0.05) is 16.4 Å². The maximum Gasteiger partial charge on any atom is 0.285 e. The summed E-state index contributed by atoms with van der Waals surface area (Å²) < 4.78 is 32.2. The maximum atomic E-state index is 12.6. The third-order valence-electron chi connectivity index (χ3n) is 3.77. The van der Waals surface area contributed by atoms with Crippen LogP contribution in [0.2, 0.25) is 0 Å². The lowest BCUT2D eigenvalue weighted by Gasteiger charge is -2.06. The van der Waals surface area contributed by atoms with E-state index in [0.29, 0.717) is 11.3 Å². The molecule has 2 aromatic carbocycles. The van der Waals surface area contributed by atoms with Gasteiger partial charge in [0.1, 0.15) is 0 Å². The molecule has 130 valence electrons. The topological polar surface area (TPSA) is 51.4 Å². The number of nitrogens with zero attached hydrogens (tertiary/aromatic N) is 2. The Bertz CT molecular complexity index is 1050. The fourth-order valence-electron chi connectivity index (χ4n) is 2.43. The molecule has 0 bridgehead atoms. The summed E-state index contributed by atoms with van der Waals surface area (Å²) in [6.45, 7) is 4.53. The molecule has 3 aromatic rings. The molecule has 7 heteroatoms. The van der Waals surface area contributed by atoms with E-state index in [9.17, 15) is 8.42 Å². The first kappa shape index (κ1) is 18.1. The number of rotatable bonds is 4. The molecular weight excluding hydrogens is 420 g/mol. The molecule has 0 saturated heterocycles. The van der Waals surface area contributed by atoms with E-state index < -0.39 is 10.0 Å². The smallest absolute Gasteiger partial charge is 0.285 e. The number of hydrogen-bond acceptors (Lipinski definition) is 3. The van der Waals surface area contributed by atoms with Crippen molar-refractivity contribution in [2.75, 3.05) is 0 Å². The van der Waals surface area contributed by atoms with E-state index >= 15 is 0 Å². The lowest BCUT2D eigenvalue weighted by atomic mass is 10.2. The van der Waals surface area contributed by atoms with Gasteiger partial charge in [0.05, 0.1) is 10.6 Å². The van der Waals surface area contributed by atoms with E-state index in [-0.39, 0.29) is 4.90 Å². The standard InChI is InChI=1S/C18H17BrN2O2S2/c1-3-21-17(14-6-8-15(19)9-7-14)12-24-18(21)20-25(22,23)16-10-4-13(2)5-11-16/h4-12H,3H2,1-2H3. The van der Waals surface area contributed by atoms with Gasteiger partial charge >= 0.3 is 0 Å². The second kappa shape index (κ2) is 7.27. The molecule has 0 N–H and O–H groups in total. The van der Waals surface area contributed by atoms with Crippen LogP contribution in [0.25, 0.3) is 11.3 Å². The zero-order chi connectivity index (χ0) is 18.0. The Hall–Kier alpha value is -1.70. The Morgan fingerprint density at radius 2 is 1.72 bits per heavy atom. The minimum absolute atomic E-state index is 0.208. The molecule has 0 unspecified atom stereocenters. The quantitative estimate of drug-likeness (QED) is 0.599. The number of sulfonamides is 1. The van der Waals surface area contributed by atoms with Gasteiger partial charge in [-0.15, -0.1) is 15.7 Å². The molecule has 25 heavy (non-hydrogen) atoms. The van der Waals surface area contributed by atoms with Crippen LogP contribution in [0.4, 0.5) is 0 Å². The van der Waals surface area contributed by atoms with Crippen LogP contribution in [0.15, 0.2) is 67.7 Å². The van der Waals surface area contributed by atoms with Crippen LogP contribution in [0, 0.1) is 6.92 Å². The van der Waals surface area contributed by atoms with Gasteiger partial charge in [0.25, 0.3) is 10.0 Å². The lowest BCUT2D eigenvalue weighted by Crippen LogP contribution is -2.17. The van der Waals surface area contributed by atoms with Gasteiger partial charge in [-0.05, 0) is 43.7 Å². The number of thiazole rings is 1. The highest BCUT2D eigenvalue weighted by molar-refractivity contribution is 9.10. The molecular formula is C18H17BrN2O2S2. The maximum absolute atomic E-state index is 12.6. The van der Waals surface area contributed by atoms with Crippen molar-refractivity contribution in [2.24, 2.45) is 4.40 Å². The van der Waals surface area contributed by atoms with Gasteiger partial charge in [-0.25, -0.2) is 0 Å². The predicted octanol–water partition coefficient (Wildman–Crippen LogP) is 4.60. The highest BCUT2D eigenvalue weighted by Gasteiger charge is 2.14. The molecule has 0 fully saturated rings. The largest absolute Gasteiger partial charge is 0.316 e. The molecule has 0 radical (unpaired) electrons. The summed E-state index contributed by atoms with van der Waals surface area (Å²) in [4.78, 5) is 0.681. The number of benzene rings is 2. The highest BCUT2D eigenvalue weighted by Crippen LogP contribution is 2.23. The Morgan fingerprint density at radius 1 is 1.08 bits per heavy atom. The fourth-order valence-corrected chi connectivity index (χ4v) is 4.88. The van der Waals surface area contributed by atoms with Crippen LogP contribution >= 0.6 is 27.3 Å². The first-order chi connectivity index (χ1) is 11.9. The van der Waals surface area contributed by atoms with Gasteiger partial charge in [0.2, 0.25) is 4.80 Å². The van der Waals surface area contributed by atoms with Crippen molar-refractivity contribution < 1.29 is 8.42 Å². The number of halogens is 1. The molecule has 0 aliphatic carbocycles. The molecule has 1 heterocycles. The van der Waals surface area contributed by atoms with Crippen LogP contribution in [0.3, 0.4) is 0 Å². The predicted molar refractivity (Wildman–Crippen MR) is 105 cm³/mol. The Balaban J connectivity index is 2.10. The summed E-state index contributed by atoms with van der Waals surface area (Å²) in [5.74, 6) is 0. The minimum Gasteiger partial charge on any atom is -0.316 e. The third-order valence-corrected chi connectivity index (χ3v) is 6.56. The summed E-state index contributed by atoms with van der Waals surface area (Å²) >= 11 is 4.76. The highest BCUT2D eigenvalue weighted by atomic mass is 79.9. The first-order valence-electron chi connectivity index (χ1n) is 7.72. The Morgan fingerprint density at radius 3 is 2.32 bits per heavy atom. The molecule has 0 amide bonds. The molecule has 0 aliphatic rings. The number of hydrogen-bond donors (Lipinski definition) is 0. The molecule has 3 rings (SSSR count). The van der Waals surface area contributed by atoms with Crippen molar-refractivity contribution in [1.29, 1.82) is 0 Å². The molecule has 0 saturated carbocycles. The van der Waals surface area contributed by atoms with E-state index in [0.717, 1.165) is 21.3 Å². The molecule has 0 aliphatic heterocycles. The summed E-state index contributed by atoms with van der Waals surface area (Å²) in [5.41, 5.74) is 2.99. The molecule has 0 atom stereocenters. The third kappa shape index (κ3) is 3.94. The van der Waals surface area contributed by atoms with Crippen molar-refractivity contribution >= 4 is 37.3 Å². The van der Waals surface area contributed by atoms with Crippen molar-refractivity contribution in [3.63, 3.8) is 0 Å². The van der Waals surface area contributed by atoms with E-state index in [1.165, 1.54) is 11.3 Å². The van der Waals surface area contributed by atoms with E-state index in [1.807, 2.05) is 48.1 Å². The first-order valence-corrected chi connectivity index (χ1v) is 10.8. The van der Waals surface area contributed by atoms with Gasteiger partial charge in [-0.3, -0.25) is 0 Å². The summed E-state index contributed by atoms with van der Waals surface area (Å²) in [6, 6.07) is 14.7. The summed E-state index contributed by atoms with van der Waals surface area (Å²) in [6.07, 6.45) is 0. The van der Waals surface area contributed by atoms with Crippen molar-refractivity contribution in [3.05, 3.63) is 68.7 Å². The van der Waals surface area contributed by atoms with Gasteiger partial charge < -0.3 is 4.57 Å². The SMILES string of the molecule is CCn1c(-c2ccc(Br)cc2)csc1=NS(=O)(=O)c1ccc(C)cc1. The van der Waals surface area contributed by atoms with E-state index in [1.54, 1.807) is 24.3 Å². The molecule has 0 spiro atoms. The molecule has 1 aromatic heterocycles. The molecule has 4 nitrogen and oxygen atoms in total. The summed E-state index contributed by atoms with van der Waals surface area (Å²) in [7, 11) is -3.73. The Kier molecular flexibility index (Phi) is 5.27. The zero-order valence-corrected chi connectivity index (χ0v) is 17.0. The zero-order valence-electron chi connectivity index (χ0n) is 13.8. The van der Waals surface area contributed by atoms with Crippen molar-refractivity contribution in [1.82, 2.24) is 4.57 Å². The number of aryl methyl sites for hydroxylation is 1. The van der Waals surface area contributed by atoms with Gasteiger partial charge in [0.15, 0.2) is 0 Å². The van der Waals surface area contributed by atoms with Crippen molar-refractivity contribution in [2.45, 2.75) is 25.3 Å². The van der Waals surface area contributed by atoms with Crippen LogP contribution in [0.5, 0.6) is 0 Å². The minimum atomic E-state index is -3.73. The normalized spacial score (nSPS) is 12.5. The van der Waals surface area contributed by atoms with Crippen molar-refractivity contribution in [3.8, 4) is 11.3 Å². The fraction of sp³-hybridized carbons (Fsp3) is 0.167. The second-order valence-corrected chi connectivity index (χ2v) is 8.89. The van der Waals surface area contributed by atoms with Gasteiger partial charge in [-0.1, -0.05) is 45.8 Å². The van der Waals surface area contributed by atoms with Crippen LogP contribution < -0.4 is 4.80 Å². The van der Waals surface area contributed by atoms with Crippen LogP contribution in [-0.2, 0) is 16.6 Å². The number of aromatic nitrogens is 1. The van der Waals surface area contributed by atoms with Crippen LogP contribution in [-0.4, -0.2) is 13.0 Å². The summed E-state index contributed by atoms with van der Waals surface area (Å²) in [5, 5.41) is 1.94. The van der Waals surface area contributed by atoms with E-state index in [2.05, 4.69) is 20.3 Å². The Labute approximate surface area is 159 Å². The van der Waals surface area contributed by atoms with E-state index in [4.69, 9.17) is 0 Å².